The molecule has 0 aliphatic heterocycles. The van der Waals surface area contributed by atoms with E-state index in [4.69, 9.17) is 4.42 Å². The first-order valence-corrected chi connectivity index (χ1v) is 9.02. The number of rotatable bonds is 6. The molecule has 7 heteroatoms. The number of nitrogens with one attached hydrogen (secondary N) is 2. The van der Waals surface area contributed by atoms with Crippen LogP contribution in [0.4, 0.5) is 17.5 Å². The van der Waals surface area contributed by atoms with Crippen molar-refractivity contribution in [3.05, 3.63) is 71.0 Å². The molecule has 2 N–H and O–H groups in total. The van der Waals surface area contributed by atoms with Crippen LogP contribution in [0.3, 0.4) is 0 Å². The first-order valence-electron chi connectivity index (χ1n) is 8.14. The zero-order valence-electron chi connectivity index (χ0n) is 14.1. The number of hydrogen-bond donors (Lipinski definition) is 2. The molecule has 0 aliphatic rings. The van der Waals surface area contributed by atoms with Crippen molar-refractivity contribution in [2.75, 3.05) is 10.6 Å². The predicted octanol–water partition coefficient (Wildman–Crippen LogP) is 4.86. The summed E-state index contributed by atoms with van der Waals surface area (Å²) >= 11 is 1.72. The molecule has 0 saturated heterocycles. The molecule has 0 aliphatic carbocycles. The smallest absolute Gasteiger partial charge is 0.229 e. The number of hydrogen-bond acceptors (Lipinski definition) is 7. The molecule has 0 fully saturated rings. The van der Waals surface area contributed by atoms with E-state index >= 15 is 0 Å². The van der Waals surface area contributed by atoms with E-state index in [1.165, 1.54) is 11.3 Å². The van der Waals surface area contributed by atoms with Crippen LogP contribution in [0.5, 0.6) is 0 Å². The molecule has 0 atom stereocenters. The Balaban J connectivity index is 1.46. The number of thiophene rings is 1. The Morgan fingerprint density at radius 1 is 1.12 bits per heavy atom. The average molecular weight is 363 g/mol. The van der Waals surface area contributed by atoms with E-state index in [1.54, 1.807) is 17.5 Å². The van der Waals surface area contributed by atoms with Gasteiger partial charge < -0.3 is 15.1 Å². The van der Waals surface area contributed by atoms with Gasteiger partial charge in [-0.15, -0.1) is 11.3 Å². The zero-order valence-corrected chi connectivity index (χ0v) is 15.0. The molecule has 0 saturated carbocycles. The minimum absolute atomic E-state index is 0.552. The summed E-state index contributed by atoms with van der Waals surface area (Å²) in [4.78, 5) is 14.1. The van der Waals surface area contributed by atoms with E-state index in [1.807, 2.05) is 43.5 Å². The highest BCUT2D eigenvalue weighted by Crippen LogP contribution is 2.23. The number of anilines is 3. The van der Waals surface area contributed by atoms with Crippen LogP contribution in [0.1, 0.15) is 10.4 Å². The standard InChI is InChI=1S/C19H17N5OS/c1-13-9-22-19(24-18(13)21-10-16-3-2-8-26-16)23-15-6-4-14(5-7-15)17-11-20-12-25-17/h2-9,11-12H,10H2,1H3,(H2,21,22,23,24). The molecule has 0 radical (unpaired) electrons. The Kier molecular flexibility index (Phi) is 4.61. The summed E-state index contributed by atoms with van der Waals surface area (Å²) in [7, 11) is 0. The molecular weight excluding hydrogens is 346 g/mol. The average Bonchev–Trinajstić information content (AvgIpc) is 3.37. The van der Waals surface area contributed by atoms with Crippen molar-refractivity contribution in [2.45, 2.75) is 13.5 Å². The fraction of sp³-hybridized carbons (Fsp3) is 0.105. The summed E-state index contributed by atoms with van der Waals surface area (Å²) in [5.41, 5.74) is 2.88. The Labute approximate surface area is 155 Å². The number of nitrogens with zero attached hydrogens (tertiary/aromatic N) is 3. The summed E-state index contributed by atoms with van der Waals surface area (Å²) in [6.07, 6.45) is 4.93. The maximum Gasteiger partial charge on any atom is 0.229 e. The zero-order chi connectivity index (χ0) is 17.8. The largest absolute Gasteiger partial charge is 0.444 e. The van der Waals surface area contributed by atoms with Crippen molar-refractivity contribution in [3.8, 4) is 11.3 Å². The van der Waals surface area contributed by atoms with E-state index in [9.17, 15) is 0 Å². The van der Waals surface area contributed by atoms with Crippen LogP contribution in [-0.2, 0) is 6.54 Å². The van der Waals surface area contributed by atoms with Crippen LogP contribution < -0.4 is 10.6 Å². The molecule has 0 bridgehead atoms. The van der Waals surface area contributed by atoms with Gasteiger partial charge in [0.05, 0.1) is 12.7 Å². The molecule has 0 unspecified atom stereocenters. The van der Waals surface area contributed by atoms with Crippen molar-refractivity contribution in [1.82, 2.24) is 15.0 Å². The Morgan fingerprint density at radius 2 is 2.00 bits per heavy atom. The van der Waals surface area contributed by atoms with Gasteiger partial charge >= 0.3 is 0 Å². The van der Waals surface area contributed by atoms with Crippen molar-refractivity contribution < 1.29 is 4.42 Å². The van der Waals surface area contributed by atoms with Crippen LogP contribution in [0.15, 0.2) is 65.0 Å². The molecule has 1 aromatic carbocycles. The lowest BCUT2D eigenvalue weighted by Crippen LogP contribution is -2.05. The van der Waals surface area contributed by atoms with E-state index in [-0.39, 0.29) is 0 Å². The molecule has 26 heavy (non-hydrogen) atoms. The van der Waals surface area contributed by atoms with Gasteiger partial charge in [-0.1, -0.05) is 6.07 Å². The van der Waals surface area contributed by atoms with Crippen LogP contribution >= 0.6 is 11.3 Å². The molecule has 3 aromatic heterocycles. The summed E-state index contributed by atoms with van der Waals surface area (Å²) in [6.45, 7) is 2.74. The number of aromatic nitrogens is 3. The number of aryl methyl sites for hydroxylation is 1. The Morgan fingerprint density at radius 3 is 2.73 bits per heavy atom. The van der Waals surface area contributed by atoms with Crippen LogP contribution in [0, 0.1) is 6.92 Å². The van der Waals surface area contributed by atoms with Crippen molar-refractivity contribution >= 4 is 28.8 Å². The van der Waals surface area contributed by atoms with Crippen LogP contribution in [0.2, 0.25) is 0 Å². The third-order valence-corrected chi connectivity index (χ3v) is 4.72. The van der Waals surface area contributed by atoms with Gasteiger partial charge in [0.2, 0.25) is 5.95 Å². The highest BCUT2D eigenvalue weighted by atomic mass is 32.1. The lowest BCUT2D eigenvalue weighted by molar-refractivity contribution is 0.572. The Hall–Kier alpha value is -3.19. The van der Waals surface area contributed by atoms with Crippen LogP contribution in [-0.4, -0.2) is 15.0 Å². The molecule has 4 aromatic rings. The number of oxazole rings is 1. The second kappa shape index (κ2) is 7.37. The maximum absolute atomic E-state index is 5.30. The molecule has 0 spiro atoms. The summed E-state index contributed by atoms with van der Waals surface area (Å²) < 4.78 is 5.30. The van der Waals surface area contributed by atoms with E-state index < -0.39 is 0 Å². The summed E-state index contributed by atoms with van der Waals surface area (Å²) in [6, 6.07) is 12.0. The normalized spacial score (nSPS) is 10.7. The predicted molar refractivity (Wildman–Crippen MR) is 104 cm³/mol. The minimum Gasteiger partial charge on any atom is -0.444 e. The molecule has 6 nitrogen and oxygen atoms in total. The van der Waals surface area contributed by atoms with E-state index in [0.29, 0.717) is 5.95 Å². The Bertz CT molecular complexity index is 966. The summed E-state index contributed by atoms with van der Waals surface area (Å²) in [5.74, 6) is 2.12. The van der Waals surface area contributed by atoms with Gasteiger partial charge in [0, 0.05) is 27.9 Å². The second-order valence-corrected chi connectivity index (χ2v) is 6.76. The van der Waals surface area contributed by atoms with Crippen molar-refractivity contribution in [2.24, 2.45) is 0 Å². The van der Waals surface area contributed by atoms with Gasteiger partial charge in [-0.25, -0.2) is 9.97 Å². The van der Waals surface area contributed by atoms with Gasteiger partial charge in [0.25, 0.3) is 0 Å². The lowest BCUT2D eigenvalue weighted by atomic mass is 10.2. The van der Waals surface area contributed by atoms with Gasteiger partial charge in [-0.2, -0.15) is 4.98 Å². The molecular formula is C19H17N5OS. The maximum atomic E-state index is 5.30. The first-order chi connectivity index (χ1) is 12.8. The number of benzene rings is 1. The van der Waals surface area contributed by atoms with Gasteiger partial charge in [-0.3, -0.25) is 0 Å². The SMILES string of the molecule is Cc1cnc(Nc2ccc(-c3cnco3)cc2)nc1NCc1cccs1. The molecule has 3 heterocycles. The molecule has 4 rings (SSSR count). The van der Waals surface area contributed by atoms with Crippen molar-refractivity contribution in [1.29, 1.82) is 0 Å². The second-order valence-electron chi connectivity index (χ2n) is 5.73. The van der Waals surface area contributed by atoms with E-state index in [0.717, 1.165) is 34.9 Å². The first kappa shape index (κ1) is 16.3. The third kappa shape index (κ3) is 3.73. The lowest BCUT2D eigenvalue weighted by Gasteiger charge is -2.10. The summed E-state index contributed by atoms with van der Waals surface area (Å²) in [5, 5.41) is 8.67. The van der Waals surface area contributed by atoms with Gasteiger partial charge in [-0.05, 0) is 42.6 Å². The minimum atomic E-state index is 0.552. The van der Waals surface area contributed by atoms with Gasteiger partial charge in [0.1, 0.15) is 5.82 Å². The molecule has 0 amide bonds. The third-order valence-electron chi connectivity index (χ3n) is 3.84. The fourth-order valence-electron chi connectivity index (χ4n) is 2.47. The highest BCUT2D eigenvalue weighted by molar-refractivity contribution is 7.09. The van der Waals surface area contributed by atoms with Gasteiger partial charge in [0.15, 0.2) is 12.2 Å². The van der Waals surface area contributed by atoms with Crippen molar-refractivity contribution in [3.63, 3.8) is 0 Å². The van der Waals surface area contributed by atoms with Crippen LogP contribution in [0.25, 0.3) is 11.3 Å². The quantitative estimate of drug-likeness (QED) is 0.510. The fourth-order valence-corrected chi connectivity index (χ4v) is 3.12. The molecule has 130 valence electrons. The topological polar surface area (TPSA) is 75.9 Å². The monoisotopic (exact) mass is 363 g/mol. The van der Waals surface area contributed by atoms with E-state index in [2.05, 4.69) is 37.0 Å². The highest BCUT2D eigenvalue weighted by Gasteiger charge is 2.06.